The number of aromatic nitrogens is 2. The van der Waals surface area contributed by atoms with Crippen LogP contribution in [0.2, 0.25) is 0 Å². The van der Waals surface area contributed by atoms with Crippen molar-refractivity contribution in [3.8, 4) is 0 Å². The molecule has 226 valence electrons. The van der Waals surface area contributed by atoms with Gasteiger partial charge in [0.1, 0.15) is 11.4 Å². The second-order valence-corrected chi connectivity index (χ2v) is 9.87. The molecule has 16 heteroatoms. The van der Waals surface area contributed by atoms with Crippen LogP contribution in [0.3, 0.4) is 0 Å². The fourth-order valence-electron chi connectivity index (χ4n) is 4.27. The Kier molecular flexibility index (Phi) is 9.12. The van der Waals surface area contributed by atoms with Gasteiger partial charge in [-0.3, -0.25) is 30.6 Å². The highest BCUT2D eigenvalue weighted by Gasteiger charge is 2.21. The number of fused-ring (bicyclic) bond motifs is 2. The molecule has 4 rings (SSSR count). The molecule has 16 nitrogen and oxygen atoms in total. The van der Waals surface area contributed by atoms with Gasteiger partial charge in [0.05, 0.1) is 18.8 Å². The number of nitrogens with zero attached hydrogens (tertiary/aromatic N) is 1. The summed E-state index contributed by atoms with van der Waals surface area (Å²) in [5.41, 5.74) is 15.5. The molecule has 2 aromatic carbocycles. The van der Waals surface area contributed by atoms with Gasteiger partial charge in [0, 0.05) is 46.1 Å². The number of hydrogen-bond acceptors (Lipinski definition) is 7. The lowest BCUT2D eigenvalue weighted by molar-refractivity contribution is 0.0578. The third kappa shape index (κ3) is 7.78. The minimum atomic E-state index is -0.946. The van der Waals surface area contributed by atoms with E-state index in [9.17, 15) is 24.6 Å². The zero-order valence-corrected chi connectivity index (χ0v) is 23.1. The van der Waals surface area contributed by atoms with Crippen LogP contribution in [0.25, 0.3) is 21.8 Å². The van der Waals surface area contributed by atoms with E-state index in [1.165, 1.54) is 6.92 Å². The number of hydrazine groups is 1. The molecule has 0 fully saturated rings. The van der Waals surface area contributed by atoms with Crippen molar-refractivity contribution in [2.24, 2.45) is 11.5 Å². The molecule has 4 aromatic rings. The van der Waals surface area contributed by atoms with Crippen molar-refractivity contribution in [1.82, 2.24) is 31.0 Å². The first-order chi connectivity index (χ1) is 20.4. The summed E-state index contributed by atoms with van der Waals surface area (Å²) in [4.78, 5) is 44.5. The molecule has 0 saturated carbocycles. The summed E-state index contributed by atoms with van der Waals surface area (Å²) in [7, 11) is 0. The van der Waals surface area contributed by atoms with Gasteiger partial charge >= 0.3 is 0 Å². The van der Waals surface area contributed by atoms with Gasteiger partial charge in [0.2, 0.25) is 5.96 Å². The number of anilines is 1. The Hall–Kier alpha value is -5.61. The zero-order chi connectivity index (χ0) is 31.3. The van der Waals surface area contributed by atoms with Gasteiger partial charge in [0.25, 0.3) is 17.7 Å². The number of amides is 3. The molecule has 0 spiro atoms. The van der Waals surface area contributed by atoms with E-state index in [1.54, 1.807) is 48.5 Å². The summed E-state index contributed by atoms with van der Waals surface area (Å²) in [6.45, 7) is 1.35. The second kappa shape index (κ2) is 12.9. The van der Waals surface area contributed by atoms with E-state index >= 15 is 0 Å². The number of aliphatic hydroxyl groups is 2. The van der Waals surface area contributed by atoms with Gasteiger partial charge < -0.3 is 47.6 Å². The number of rotatable bonds is 10. The average molecular weight is 592 g/mol. The summed E-state index contributed by atoms with van der Waals surface area (Å²) in [5.74, 6) is -2.12. The van der Waals surface area contributed by atoms with Crippen LogP contribution in [0, 0.1) is 10.8 Å². The number of nitrogens with one attached hydrogen (secondary N) is 8. The van der Waals surface area contributed by atoms with Crippen molar-refractivity contribution in [2.45, 2.75) is 19.1 Å². The van der Waals surface area contributed by atoms with Crippen LogP contribution in [0.5, 0.6) is 0 Å². The SMILES string of the molecule is CC(O)CN(NC(=N)N)C(=O)c1cc2cc(NC(=O)c3ccc4[nH]c(C(=O)NCC(O)CNC(=N)N)cc4c3)ccc2[nH]1. The molecular weight excluding hydrogens is 558 g/mol. The third-order valence-corrected chi connectivity index (χ3v) is 6.21. The van der Waals surface area contributed by atoms with Crippen molar-refractivity contribution in [3.05, 3.63) is 65.5 Å². The van der Waals surface area contributed by atoms with Gasteiger partial charge in [-0.15, -0.1) is 0 Å². The Morgan fingerprint density at radius 3 is 2.16 bits per heavy atom. The number of H-pyrrole nitrogens is 2. The molecule has 0 aliphatic carbocycles. The number of aromatic amines is 2. The van der Waals surface area contributed by atoms with Crippen molar-refractivity contribution in [2.75, 3.05) is 25.0 Å². The number of guanidine groups is 2. The van der Waals surface area contributed by atoms with Crippen LogP contribution in [0.4, 0.5) is 5.69 Å². The second-order valence-electron chi connectivity index (χ2n) is 9.87. The Morgan fingerprint density at radius 1 is 0.860 bits per heavy atom. The van der Waals surface area contributed by atoms with Crippen molar-refractivity contribution >= 4 is 57.1 Å². The Bertz CT molecular complexity index is 1690. The van der Waals surface area contributed by atoms with Gasteiger partial charge in [-0.25, -0.2) is 5.01 Å². The molecule has 0 radical (unpaired) electrons. The smallest absolute Gasteiger partial charge is 0.288 e. The third-order valence-electron chi connectivity index (χ3n) is 6.21. The summed E-state index contributed by atoms with van der Waals surface area (Å²) in [6.07, 6.45) is -1.81. The molecule has 2 heterocycles. The standard InChI is InChI=1S/C27H33N11O5/c1-13(39)12-38(37-27(30)31)25(43)22-9-16-7-17(3-5-20(16)36-22)34-23(41)14-2-4-19-15(6-14)8-21(35-19)24(42)32-10-18(40)11-33-26(28)29/h2-9,13,18,35-36,39-40H,10-12H2,1H3,(H,32,42)(H,34,41)(H4,28,29,33)(H4,30,31,37). The number of carbonyl (C=O) groups is 3. The minimum Gasteiger partial charge on any atom is -0.391 e. The van der Waals surface area contributed by atoms with Gasteiger partial charge in [-0.2, -0.15) is 0 Å². The van der Waals surface area contributed by atoms with Gasteiger partial charge in [0.15, 0.2) is 5.96 Å². The van der Waals surface area contributed by atoms with Crippen LogP contribution < -0.4 is 32.8 Å². The fraction of sp³-hybridized carbons (Fsp3) is 0.222. The summed E-state index contributed by atoms with van der Waals surface area (Å²) < 4.78 is 0. The maximum atomic E-state index is 13.0. The van der Waals surface area contributed by atoms with E-state index in [4.69, 9.17) is 22.3 Å². The van der Waals surface area contributed by atoms with Crippen LogP contribution >= 0.6 is 0 Å². The molecule has 2 atom stereocenters. The van der Waals surface area contributed by atoms with Gasteiger partial charge in [-0.1, -0.05) is 0 Å². The van der Waals surface area contributed by atoms with E-state index in [0.717, 1.165) is 5.01 Å². The number of hydrogen-bond donors (Lipinski definition) is 12. The molecule has 0 saturated heterocycles. The van der Waals surface area contributed by atoms with Crippen LogP contribution in [0.1, 0.15) is 38.3 Å². The maximum Gasteiger partial charge on any atom is 0.288 e. The predicted molar refractivity (Wildman–Crippen MR) is 161 cm³/mol. The lowest BCUT2D eigenvalue weighted by Crippen LogP contribution is -2.51. The normalized spacial score (nSPS) is 12.3. The lowest BCUT2D eigenvalue weighted by atomic mass is 10.1. The van der Waals surface area contributed by atoms with Crippen molar-refractivity contribution < 1.29 is 24.6 Å². The van der Waals surface area contributed by atoms with E-state index in [0.29, 0.717) is 33.1 Å². The Labute approximate surface area is 244 Å². The van der Waals surface area contributed by atoms with Crippen molar-refractivity contribution in [1.29, 1.82) is 10.8 Å². The Balaban J connectivity index is 1.43. The molecule has 2 aromatic heterocycles. The summed E-state index contributed by atoms with van der Waals surface area (Å²) in [6, 6.07) is 13.2. The van der Waals surface area contributed by atoms with Crippen molar-refractivity contribution in [3.63, 3.8) is 0 Å². The number of aliphatic hydroxyl groups excluding tert-OH is 2. The fourth-order valence-corrected chi connectivity index (χ4v) is 4.27. The first-order valence-electron chi connectivity index (χ1n) is 13.1. The molecule has 0 aliphatic rings. The van der Waals surface area contributed by atoms with Crippen LogP contribution in [-0.4, -0.2) is 86.7 Å². The maximum absolute atomic E-state index is 13.0. The number of nitrogens with two attached hydrogens (primary N) is 2. The Morgan fingerprint density at radius 2 is 1.49 bits per heavy atom. The number of carbonyl (C=O) groups excluding carboxylic acids is 3. The van der Waals surface area contributed by atoms with E-state index < -0.39 is 35.9 Å². The summed E-state index contributed by atoms with van der Waals surface area (Å²) in [5, 5.41) is 44.3. The van der Waals surface area contributed by atoms with Gasteiger partial charge in [-0.05, 0) is 55.5 Å². The molecule has 3 amide bonds. The van der Waals surface area contributed by atoms with E-state index in [2.05, 4.69) is 31.3 Å². The molecular formula is C27H33N11O5. The molecule has 2 unspecified atom stereocenters. The number of benzene rings is 2. The zero-order valence-electron chi connectivity index (χ0n) is 23.1. The first-order valence-corrected chi connectivity index (χ1v) is 13.1. The monoisotopic (exact) mass is 591 g/mol. The first kappa shape index (κ1) is 30.4. The molecule has 14 N–H and O–H groups in total. The highest BCUT2D eigenvalue weighted by molar-refractivity contribution is 6.08. The summed E-state index contributed by atoms with van der Waals surface area (Å²) >= 11 is 0. The van der Waals surface area contributed by atoms with Crippen LogP contribution in [0.15, 0.2) is 48.5 Å². The highest BCUT2D eigenvalue weighted by Crippen LogP contribution is 2.23. The highest BCUT2D eigenvalue weighted by atomic mass is 16.3. The molecule has 0 aliphatic heterocycles. The quantitative estimate of drug-likeness (QED) is 0.0654. The van der Waals surface area contributed by atoms with E-state index in [1.807, 2.05) is 0 Å². The average Bonchev–Trinajstić information content (AvgIpc) is 3.57. The van der Waals surface area contributed by atoms with E-state index in [-0.39, 0.29) is 37.0 Å². The largest absolute Gasteiger partial charge is 0.391 e. The predicted octanol–water partition coefficient (Wildman–Crippen LogP) is -0.304. The topological polar surface area (TPSA) is 274 Å². The minimum absolute atomic E-state index is 0.0122. The van der Waals surface area contributed by atoms with Crippen LogP contribution in [-0.2, 0) is 0 Å². The molecule has 43 heavy (non-hydrogen) atoms. The molecule has 0 bridgehead atoms. The lowest BCUT2D eigenvalue weighted by Gasteiger charge is -2.23.